The molecule has 5 nitrogen and oxygen atoms in total. The number of rotatable bonds is 4. The van der Waals surface area contributed by atoms with Crippen molar-refractivity contribution in [2.75, 3.05) is 19.0 Å². The zero-order valence-corrected chi connectivity index (χ0v) is 11.7. The second kappa shape index (κ2) is 5.49. The lowest BCUT2D eigenvalue weighted by atomic mass is 10.1. The number of carboxylic acid groups (broad SMARTS) is 1. The Balaban J connectivity index is 2.41. The molecule has 0 amide bonds. The van der Waals surface area contributed by atoms with Gasteiger partial charge in [0.15, 0.2) is 9.84 Å². The molecule has 2 rings (SSSR count). The Bertz CT molecular complexity index is 632. The maximum Gasteiger partial charge on any atom is 0.335 e. The Kier molecular flexibility index (Phi) is 4.10. The summed E-state index contributed by atoms with van der Waals surface area (Å²) in [7, 11) is -3.74. The molecule has 1 fully saturated rings. The molecule has 0 saturated carbocycles. The topological polar surface area (TPSA) is 80.7 Å². The molecule has 0 bridgehead atoms. The molecule has 0 spiro atoms. The van der Waals surface area contributed by atoms with Crippen LogP contribution in [0, 0.1) is 18.7 Å². The van der Waals surface area contributed by atoms with Crippen molar-refractivity contribution in [3.05, 3.63) is 29.1 Å². The average molecular weight is 302 g/mol. The van der Waals surface area contributed by atoms with Crippen molar-refractivity contribution in [1.29, 1.82) is 0 Å². The normalized spacial score (nSPS) is 19.2. The lowest BCUT2D eigenvalue weighted by Gasteiger charge is -2.12. The van der Waals surface area contributed by atoms with Crippen LogP contribution in [-0.4, -0.2) is 38.5 Å². The smallest absolute Gasteiger partial charge is 0.335 e. The summed E-state index contributed by atoms with van der Waals surface area (Å²) in [6.07, 6.45) is 0.638. The number of benzene rings is 1. The van der Waals surface area contributed by atoms with Gasteiger partial charge in [0, 0.05) is 12.2 Å². The van der Waals surface area contributed by atoms with Gasteiger partial charge in [0.1, 0.15) is 5.82 Å². The summed E-state index contributed by atoms with van der Waals surface area (Å²) in [6, 6.07) is 1.85. The molecule has 1 aromatic rings. The lowest BCUT2D eigenvalue weighted by Crippen LogP contribution is -2.18. The largest absolute Gasteiger partial charge is 0.478 e. The molecule has 20 heavy (non-hydrogen) atoms. The van der Waals surface area contributed by atoms with E-state index in [1.54, 1.807) is 0 Å². The molecule has 1 aliphatic rings. The van der Waals surface area contributed by atoms with Crippen molar-refractivity contribution in [3.63, 3.8) is 0 Å². The van der Waals surface area contributed by atoms with E-state index in [0.29, 0.717) is 19.6 Å². The Morgan fingerprint density at radius 1 is 1.50 bits per heavy atom. The molecule has 1 heterocycles. The Labute approximate surface area is 116 Å². The van der Waals surface area contributed by atoms with Crippen LogP contribution >= 0.6 is 0 Å². The third-order valence-corrected chi connectivity index (χ3v) is 5.36. The van der Waals surface area contributed by atoms with Crippen LogP contribution in [0.1, 0.15) is 22.3 Å². The number of carboxylic acids is 1. The Morgan fingerprint density at radius 2 is 2.20 bits per heavy atom. The average Bonchev–Trinajstić information content (AvgIpc) is 2.83. The summed E-state index contributed by atoms with van der Waals surface area (Å²) in [6.45, 7) is 2.21. The van der Waals surface area contributed by atoms with Gasteiger partial charge >= 0.3 is 5.97 Å². The van der Waals surface area contributed by atoms with E-state index in [0.717, 1.165) is 12.1 Å². The first-order chi connectivity index (χ1) is 9.31. The highest BCUT2D eigenvalue weighted by Crippen LogP contribution is 2.25. The van der Waals surface area contributed by atoms with E-state index < -0.39 is 21.6 Å². The van der Waals surface area contributed by atoms with Crippen molar-refractivity contribution in [3.8, 4) is 0 Å². The first kappa shape index (κ1) is 14.9. The number of hydrogen-bond acceptors (Lipinski definition) is 4. The van der Waals surface area contributed by atoms with Crippen LogP contribution in [-0.2, 0) is 14.6 Å². The highest BCUT2D eigenvalue weighted by Gasteiger charge is 2.27. The van der Waals surface area contributed by atoms with Crippen LogP contribution in [0.3, 0.4) is 0 Å². The second-order valence-electron chi connectivity index (χ2n) is 4.90. The van der Waals surface area contributed by atoms with Crippen LogP contribution in [0.25, 0.3) is 0 Å². The first-order valence-corrected chi connectivity index (χ1v) is 7.80. The van der Waals surface area contributed by atoms with Crippen molar-refractivity contribution < 1.29 is 27.4 Å². The molecule has 0 aromatic heterocycles. The van der Waals surface area contributed by atoms with E-state index in [1.807, 2.05) is 0 Å². The van der Waals surface area contributed by atoms with E-state index in [9.17, 15) is 17.6 Å². The third-order valence-electron chi connectivity index (χ3n) is 3.36. The highest BCUT2D eigenvalue weighted by atomic mass is 32.2. The summed E-state index contributed by atoms with van der Waals surface area (Å²) < 4.78 is 43.5. The summed E-state index contributed by atoms with van der Waals surface area (Å²) in [5.74, 6) is -2.47. The number of sulfone groups is 1. The van der Waals surface area contributed by atoms with E-state index in [1.165, 1.54) is 6.92 Å². The SMILES string of the molecule is Cc1c(F)cc(C(=O)O)cc1S(=O)(=O)CC1CCOC1. The fraction of sp³-hybridized carbons (Fsp3) is 0.462. The molecule has 1 aliphatic heterocycles. The van der Waals surface area contributed by atoms with E-state index in [4.69, 9.17) is 9.84 Å². The summed E-state index contributed by atoms with van der Waals surface area (Å²) in [4.78, 5) is 10.7. The van der Waals surface area contributed by atoms with Crippen molar-refractivity contribution >= 4 is 15.8 Å². The minimum absolute atomic E-state index is 0.0473. The van der Waals surface area contributed by atoms with Gasteiger partial charge in [-0.15, -0.1) is 0 Å². The number of ether oxygens (including phenoxy) is 1. The predicted molar refractivity (Wildman–Crippen MR) is 69.1 cm³/mol. The maximum atomic E-state index is 13.7. The van der Waals surface area contributed by atoms with Gasteiger partial charge < -0.3 is 9.84 Å². The summed E-state index contributed by atoms with van der Waals surface area (Å²) in [5.41, 5.74) is -0.414. The molecule has 1 aromatic carbocycles. The molecule has 0 aliphatic carbocycles. The quantitative estimate of drug-likeness (QED) is 0.914. The highest BCUT2D eigenvalue weighted by molar-refractivity contribution is 7.91. The lowest BCUT2D eigenvalue weighted by molar-refractivity contribution is 0.0696. The van der Waals surface area contributed by atoms with E-state index >= 15 is 0 Å². The van der Waals surface area contributed by atoms with Crippen LogP contribution < -0.4 is 0 Å². The van der Waals surface area contributed by atoms with Gasteiger partial charge in [0.05, 0.1) is 22.8 Å². The molecular formula is C13H15FO5S. The van der Waals surface area contributed by atoms with Crippen LogP contribution in [0.4, 0.5) is 4.39 Å². The van der Waals surface area contributed by atoms with Crippen LogP contribution in [0.2, 0.25) is 0 Å². The van der Waals surface area contributed by atoms with E-state index in [-0.39, 0.29) is 27.7 Å². The molecular weight excluding hydrogens is 287 g/mol. The van der Waals surface area contributed by atoms with Gasteiger partial charge in [0.2, 0.25) is 0 Å². The Morgan fingerprint density at radius 3 is 2.75 bits per heavy atom. The molecule has 1 atom stereocenters. The van der Waals surface area contributed by atoms with Gasteiger partial charge in [-0.25, -0.2) is 17.6 Å². The second-order valence-corrected chi connectivity index (χ2v) is 6.90. The zero-order valence-electron chi connectivity index (χ0n) is 10.9. The molecule has 1 N–H and O–H groups in total. The first-order valence-electron chi connectivity index (χ1n) is 6.15. The zero-order chi connectivity index (χ0) is 14.9. The number of hydrogen-bond donors (Lipinski definition) is 1. The van der Waals surface area contributed by atoms with Gasteiger partial charge in [0.25, 0.3) is 0 Å². The minimum Gasteiger partial charge on any atom is -0.478 e. The van der Waals surface area contributed by atoms with E-state index in [2.05, 4.69) is 0 Å². The fourth-order valence-electron chi connectivity index (χ4n) is 2.21. The molecule has 7 heteroatoms. The summed E-state index contributed by atoms with van der Waals surface area (Å²) >= 11 is 0. The monoisotopic (exact) mass is 302 g/mol. The van der Waals surface area contributed by atoms with Gasteiger partial charge in [-0.3, -0.25) is 0 Å². The predicted octanol–water partition coefficient (Wildman–Crippen LogP) is 1.64. The van der Waals surface area contributed by atoms with Crippen molar-refractivity contribution in [2.45, 2.75) is 18.2 Å². The maximum absolute atomic E-state index is 13.7. The van der Waals surface area contributed by atoms with Crippen LogP contribution in [0.5, 0.6) is 0 Å². The van der Waals surface area contributed by atoms with Gasteiger partial charge in [-0.05, 0) is 31.4 Å². The van der Waals surface area contributed by atoms with Crippen LogP contribution in [0.15, 0.2) is 17.0 Å². The molecule has 0 radical (unpaired) electrons. The Hall–Kier alpha value is -1.47. The molecule has 1 saturated heterocycles. The third kappa shape index (κ3) is 2.99. The minimum atomic E-state index is -3.74. The van der Waals surface area contributed by atoms with Gasteiger partial charge in [-0.1, -0.05) is 0 Å². The summed E-state index contributed by atoms with van der Waals surface area (Å²) in [5, 5.41) is 8.89. The molecule has 1 unspecified atom stereocenters. The number of halogens is 1. The number of carbonyl (C=O) groups is 1. The standard InChI is InChI=1S/C13H15FO5S/c1-8-11(14)4-10(13(15)16)5-12(8)20(17,18)7-9-2-3-19-6-9/h4-5,9H,2-3,6-7H2,1H3,(H,15,16). The molecule has 110 valence electrons. The fourth-order valence-corrected chi connectivity index (χ4v) is 4.15. The van der Waals surface area contributed by atoms with Crippen molar-refractivity contribution in [1.82, 2.24) is 0 Å². The van der Waals surface area contributed by atoms with Gasteiger partial charge in [-0.2, -0.15) is 0 Å². The number of aromatic carboxylic acids is 1. The van der Waals surface area contributed by atoms with Crippen molar-refractivity contribution in [2.24, 2.45) is 5.92 Å².